The minimum Gasteiger partial charge on any atom is -0.369 e. The molecule has 0 radical (unpaired) electrons. The van der Waals surface area contributed by atoms with Crippen LogP contribution in [0.3, 0.4) is 0 Å². The molecule has 2 N–H and O–H groups in total. The molecule has 6 heteroatoms. The lowest BCUT2D eigenvalue weighted by molar-refractivity contribution is -0.137. The van der Waals surface area contributed by atoms with Crippen LogP contribution in [0.1, 0.15) is 30.5 Å². The zero-order chi connectivity index (χ0) is 14.2. The van der Waals surface area contributed by atoms with Gasteiger partial charge in [-0.2, -0.15) is 0 Å². The van der Waals surface area contributed by atoms with Crippen molar-refractivity contribution in [2.45, 2.75) is 25.8 Å². The minimum atomic E-state index is -0.614. The van der Waals surface area contributed by atoms with E-state index < -0.39 is 5.91 Å². The Balaban J connectivity index is 2.28. The molecule has 0 fully saturated rings. The third-order valence-electron chi connectivity index (χ3n) is 3.37. The number of carbonyl (C=O) groups excluding carboxylic acids is 2. The lowest BCUT2D eigenvalue weighted by atomic mass is 9.93. The van der Waals surface area contributed by atoms with Crippen LogP contribution in [0.4, 0.5) is 0 Å². The number of nitrogens with zero attached hydrogens (tertiary/aromatic N) is 1. The lowest BCUT2D eigenvalue weighted by Gasteiger charge is -2.35. The van der Waals surface area contributed by atoms with Crippen LogP contribution in [0.25, 0.3) is 0 Å². The highest BCUT2D eigenvalue weighted by molar-refractivity contribution is 6.42. The average Bonchev–Trinajstić information content (AvgIpc) is 2.31. The highest BCUT2D eigenvalue weighted by Gasteiger charge is 2.28. The van der Waals surface area contributed by atoms with Crippen LogP contribution in [0.15, 0.2) is 12.1 Å². The lowest BCUT2D eigenvalue weighted by Crippen LogP contribution is -2.40. The van der Waals surface area contributed by atoms with E-state index in [0.29, 0.717) is 23.0 Å². The van der Waals surface area contributed by atoms with Crippen molar-refractivity contribution in [1.82, 2.24) is 4.90 Å². The standard InChI is InChI=1S/C13H14Cl2N2O2/c1-7-9-5-11(15)10(14)4-8(9)2-3-17(7)13(19)6-12(16)18/h4-5,7H,2-3,6H2,1H3,(H2,16,18). The summed E-state index contributed by atoms with van der Waals surface area (Å²) < 4.78 is 0. The van der Waals surface area contributed by atoms with E-state index in [0.717, 1.165) is 11.1 Å². The van der Waals surface area contributed by atoms with Crippen LogP contribution >= 0.6 is 23.2 Å². The molecule has 1 aliphatic heterocycles. The zero-order valence-electron chi connectivity index (χ0n) is 10.5. The predicted molar refractivity (Wildman–Crippen MR) is 74.1 cm³/mol. The fraction of sp³-hybridized carbons (Fsp3) is 0.385. The molecule has 1 aromatic rings. The van der Waals surface area contributed by atoms with E-state index in [1.807, 2.05) is 13.0 Å². The number of fused-ring (bicyclic) bond motifs is 1. The van der Waals surface area contributed by atoms with Gasteiger partial charge in [-0.25, -0.2) is 0 Å². The number of carbonyl (C=O) groups is 2. The second-order valence-corrected chi connectivity index (χ2v) is 5.44. The molecule has 2 rings (SSSR count). The number of nitrogens with two attached hydrogens (primary N) is 1. The normalized spacial score (nSPS) is 18.1. The van der Waals surface area contributed by atoms with E-state index in [2.05, 4.69) is 0 Å². The fourth-order valence-corrected chi connectivity index (χ4v) is 2.76. The van der Waals surface area contributed by atoms with E-state index in [1.165, 1.54) is 0 Å². The first-order chi connectivity index (χ1) is 8.90. The Morgan fingerprint density at radius 2 is 2.00 bits per heavy atom. The Bertz CT molecular complexity index is 546. The number of halogens is 2. The van der Waals surface area contributed by atoms with Gasteiger partial charge in [0.2, 0.25) is 11.8 Å². The predicted octanol–water partition coefficient (Wildman–Crippen LogP) is 2.31. The number of benzene rings is 1. The first-order valence-corrected chi connectivity index (χ1v) is 6.71. The highest BCUT2D eigenvalue weighted by Crippen LogP contribution is 2.35. The van der Waals surface area contributed by atoms with Crippen molar-refractivity contribution >= 4 is 35.0 Å². The summed E-state index contributed by atoms with van der Waals surface area (Å²) in [6.45, 7) is 2.46. The van der Waals surface area contributed by atoms with Crippen LogP contribution in [0.5, 0.6) is 0 Å². The maximum absolute atomic E-state index is 11.9. The van der Waals surface area contributed by atoms with Crippen molar-refractivity contribution < 1.29 is 9.59 Å². The third-order valence-corrected chi connectivity index (χ3v) is 4.09. The molecule has 0 saturated carbocycles. The molecular weight excluding hydrogens is 287 g/mol. The zero-order valence-corrected chi connectivity index (χ0v) is 12.0. The van der Waals surface area contributed by atoms with Crippen LogP contribution in [-0.2, 0) is 16.0 Å². The molecule has 2 amide bonds. The molecule has 0 bridgehead atoms. The third kappa shape index (κ3) is 2.85. The Labute approximate surface area is 121 Å². The summed E-state index contributed by atoms with van der Waals surface area (Å²) >= 11 is 12.0. The van der Waals surface area contributed by atoms with Gasteiger partial charge in [0.05, 0.1) is 16.1 Å². The summed E-state index contributed by atoms with van der Waals surface area (Å²) in [6, 6.07) is 3.49. The van der Waals surface area contributed by atoms with Crippen molar-refractivity contribution in [3.05, 3.63) is 33.3 Å². The topological polar surface area (TPSA) is 63.4 Å². The second-order valence-electron chi connectivity index (χ2n) is 4.62. The van der Waals surface area contributed by atoms with Crippen LogP contribution in [0.2, 0.25) is 10.0 Å². The summed E-state index contributed by atoms with van der Waals surface area (Å²) in [5.74, 6) is -0.867. The van der Waals surface area contributed by atoms with Crippen molar-refractivity contribution in [1.29, 1.82) is 0 Å². The Morgan fingerprint density at radius 1 is 1.37 bits per heavy atom. The largest absolute Gasteiger partial charge is 0.369 e. The van der Waals surface area contributed by atoms with E-state index >= 15 is 0 Å². The molecule has 102 valence electrons. The van der Waals surface area contributed by atoms with Gasteiger partial charge >= 0.3 is 0 Å². The SMILES string of the molecule is CC1c2cc(Cl)c(Cl)cc2CCN1C(=O)CC(N)=O. The number of rotatable bonds is 2. The molecule has 1 heterocycles. The number of hydrogen-bond acceptors (Lipinski definition) is 2. The maximum atomic E-state index is 11.9. The molecule has 0 spiro atoms. The quantitative estimate of drug-likeness (QED) is 0.852. The molecule has 1 unspecified atom stereocenters. The van der Waals surface area contributed by atoms with Crippen molar-refractivity contribution in [2.24, 2.45) is 5.73 Å². The van der Waals surface area contributed by atoms with E-state index in [9.17, 15) is 9.59 Å². The fourth-order valence-electron chi connectivity index (χ4n) is 2.40. The van der Waals surface area contributed by atoms with Crippen molar-refractivity contribution in [2.75, 3.05) is 6.54 Å². The van der Waals surface area contributed by atoms with Gasteiger partial charge in [-0.1, -0.05) is 23.2 Å². The van der Waals surface area contributed by atoms with E-state index in [-0.39, 0.29) is 18.4 Å². The second kappa shape index (κ2) is 5.39. The van der Waals surface area contributed by atoms with Gasteiger partial charge in [-0.15, -0.1) is 0 Å². The molecule has 1 aromatic carbocycles. The number of hydrogen-bond donors (Lipinski definition) is 1. The molecule has 0 saturated heterocycles. The molecule has 1 aliphatic rings. The van der Waals surface area contributed by atoms with Gasteiger partial charge in [-0.3, -0.25) is 9.59 Å². The van der Waals surface area contributed by atoms with E-state index in [4.69, 9.17) is 28.9 Å². The molecule has 4 nitrogen and oxygen atoms in total. The first kappa shape index (κ1) is 14.2. The van der Waals surface area contributed by atoms with Gasteiger partial charge in [-0.05, 0) is 36.6 Å². The van der Waals surface area contributed by atoms with Crippen LogP contribution in [-0.4, -0.2) is 23.3 Å². The maximum Gasteiger partial charge on any atom is 0.232 e. The van der Waals surface area contributed by atoms with Gasteiger partial charge in [0.15, 0.2) is 0 Å². The number of amides is 2. The first-order valence-electron chi connectivity index (χ1n) is 5.95. The van der Waals surface area contributed by atoms with Gasteiger partial charge in [0, 0.05) is 6.54 Å². The van der Waals surface area contributed by atoms with E-state index in [1.54, 1.807) is 11.0 Å². The highest BCUT2D eigenvalue weighted by atomic mass is 35.5. The molecule has 0 aliphatic carbocycles. The molecule has 19 heavy (non-hydrogen) atoms. The van der Waals surface area contributed by atoms with Gasteiger partial charge in [0.25, 0.3) is 0 Å². The summed E-state index contributed by atoms with van der Waals surface area (Å²) in [5, 5.41) is 0.987. The van der Waals surface area contributed by atoms with Crippen LogP contribution < -0.4 is 5.73 Å². The van der Waals surface area contributed by atoms with Crippen molar-refractivity contribution in [3.8, 4) is 0 Å². The average molecular weight is 301 g/mol. The molecule has 0 aromatic heterocycles. The number of primary amides is 1. The summed E-state index contributed by atoms with van der Waals surface area (Å²) in [5.41, 5.74) is 7.12. The molecule has 1 atom stereocenters. The molecular formula is C13H14Cl2N2O2. The summed E-state index contributed by atoms with van der Waals surface area (Å²) in [4.78, 5) is 24.4. The van der Waals surface area contributed by atoms with Crippen molar-refractivity contribution in [3.63, 3.8) is 0 Å². The Morgan fingerprint density at radius 3 is 2.63 bits per heavy atom. The summed E-state index contributed by atoms with van der Waals surface area (Å²) in [7, 11) is 0. The minimum absolute atomic E-state index is 0.134. The Kier molecular flexibility index (Phi) is 4.02. The summed E-state index contributed by atoms with van der Waals surface area (Å²) in [6.07, 6.45) is 0.433. The Hall–Kier alpha value is -1.26. The van der Waals surface area contributed by atoms with Gasteiger partial charge in [0.1, 0.15) is 6.42 Å². The van der Waals surface area contributed by atoms with Gasteiger partial charge < -0.3 is 10.6 Å². The van der Waals surface area contributed by atoms with Crippen LogP contribution in [0, 0.1) is 0 Å². The monoisotopic (exact) mass is 300 g/mol. The smallest absolute Gasteiger partial charge is 0.232 e.